The number of ether oxygens (including phenoxy) is 2. The minimum atomic E-state index is -1.04. The van der Waals surface area contributed by atoms with Crippen molar-refractivity contribution in [3.8, 4) is 0 Å². The highest BCUT2D eigenvalue weighted by atomic mass is 16.6. The maximum absolute atomic E-state index is 14.5. The molecule has 1 aromatic rings. The van der Waals surface area contributed by atoms with Crippen LogP contribution in [0.1, 0.15) is 56.6 Å². The van der Waals surface area contributed by atoms with Gasteiger partial charge in [0, 0.05) is 25.4 Å². The summed E-state index contributed by atoms with van der Waals surface area (Å²) >= 11 is 0. The SMILES string of the molecule is C=CCN(C(=O)C1N(CCCCCCO)C(=O)[C@@H]2[C@H](C(=O)OCC)[C@@H]3CCC12O3)c1cc(C)ccc1C. The Morgan fingerprint density at radius 1 is 1.27 bits per heavy atom. The molecule has 0 saturated carbocycles. The van der Waals surface area contributed by atoms with Crippen molar-refractivity contribution in [1.82, 2.24) is 4.90 Å². The minimum absolute atomic E-state index is 0.137. The number of anilines is 1. The summed E-state index contributed by atoms with van der Waals surface area (Å²) in [5, 5.41) is 9.12. The average Bonchev–Trinajstić information content (AvgIpc) is 3.51. The highest BCUT2D eigenvalue weighted by Crippen LogP contribution is 2.59. The number of esters is 1. The summed E-state index contributed by atoms with van der Waals surface area (Å²) in [7, 11) is 0. The first-order valence-electron chi connectivity index (χ1n) is 13.6. The van der Waals surface area contributed by atoms with Crippen molar-refractivity contribution >= 4 is 23.5 Å². The van der Waals surface area contributed by atoms with Crippen LogP contribution in [0.25, 0.3) is 0 Å². The fraction of sp³-hybridized carbons (Fsp3) is 0.621. The third-order valence-electron chi connectivity index (χ3n) is 8.13. The number of fused-ring (bicyclic) bond motifs is 1. The quantitative estimate of drug-likeness (QED) is 0.262. The number of carbonyl (C=O) groups excluding carboxylic acids is 3. The van der Waals surface area contributed by atoms with Crippen LogP contribution in [-0.4, -0.2) is 71.8 Å². The highest BCUT2D eigenvalue weighted by Gasteiger charge is 2.75. The van der Waals surface area contributed by atoms with E-state index in [1.807, 2.05) is 32.0 Å². The Bertz CT molecular complexity index is 1040. The molecule has 8 nitrogen and oxygen atoms in total. The molecule has 2 amide bonds. The van der Waals surface area contributed by atoms with Crippen LogP contribution in [0.2, 0.25) is 0 Å². The summed E-state index contributed by atoms with van der Waals surface area (Å²) in [5.74, 6) is -2.23. The lowest BCUT2D eigenvalue weighted by atomic mass is 9.70. The molecule has 3 fully saturated rings. The van der Waals surface area contributed by atoms with Crippen molar-refractivity contribution in [2.24, 2.45) is 11.8 Å². The number of aryl methyl sites for hydroxylation is 2. The normalized spacial score (nSPS) is 27.9. The second kappa shape index (κ2) is 11.4. The first-order chi connectivity index (χ1) is 17.8. The predicted molar refractivity (Wildman–Crippen MR) is 140 cm³/mol. The van der Waals surface area contributed by atoms with E-state index in [0.29, 0.717) is 38.8 Å². The zero-order valence-corrected chi connectivity index (χ0v) is 22.3. The van der Waals surface area contributed by atoms with E-state index >= 15 is 0 Å². The van der Waals surface area contributed by atoms with Gasteiger partial charge in [0.1, 0.15) is 11.6 Å². The molecule has 1 spiro atoms. The standard InChI is InChI=1S/C29H40N2O6/c1-5-15-30(21-18-19(3)11-12-20(21)4)27(34)25-29-14-13-22(37-29)23(28(35)36-6-2)24(29)26(33)31(25)16-9-7-8-10-17-32/h5,11-12,18,22-25,32H,1,6-10,13-17H2,2-4H3/t22-,23+,24-,25?,29?/m0/s1. The molecule has 8 heteroatoms. The molecular weight excluding hydrogens is 472 g/mol. The molecule has 37 heavy (non-hydrogen) atoms. The maximum Gasteiger partial charge on any atom is 0.312 e. The van der Waals surface area contributed by atoms with Gasteiger partial charge in [-0.2, -0.15) is 0 Å². The van der Waals surface area contributed by atoms with Gasteiger partial charge < -0.3 is 24.4 Å². The Kier molecular flexibility index (Phi) is 8.39. The largest absolute Gasteiger partial charge is 0.466 e. The topological polar surface area (TPSA) is 96.4 Å². The number of rotatable bonds is 12. The average molecular weight is 513 g/mol. The lowest BCUT2D eigenvalue weighted by Gasteiger charge is -2.37. The van der Waals surface area contributed by atoms with E-state index in [1.54, 1.807) is 22.8 Å². The molecule has 0 aliphatic carbocycles. The van der Waals surface area contributed by atoms with Crippen LogP contribution in [0.5, 0.6) is 0 Å². The van der Waals surface area contributed by atoms with Gasteiger partial charge in [0.05, 0.1) is 24.5 Å². The first-order valence-corrected chi connectivity index (χ1v) is 13.6. The van der Waals surface area contributed by atoms with E-state index in [9.17, 15) is 14.4 Å². The summed E-state index contributed by atoms with van der Waals surface area (Å²) in [6.45, 7) is 10.6. The molecule has 3 heterocycles. The lowest BCUT2D eigenvalue weighted by molar-refractivity contribution is -0.154. The molecule has 2 unspecified atom stereocenters. The van der Waals surface area contributed by atoms with Gasteiger partial charge in [0.25, 0.3) is 5.91 Å². The van der Waals surface area contributed by atoms with Crippen molar-refractivity contribution in [2.45, 2.75) is 77.0 Å². The zero-order chi connectivity index (χ0) is 26.7. The molecule has 5 atom stereocenters. The summed E-state index contributed by atoms with van der Waals surface area (Å²) in [4.78, 5) is 44.8. The van der Waals surface area contributed by atoms with Gasteiger partial charge in [-0.1, -0.05) is 31.1 Å². The third kappa shape index (κ3) is 4.81. The van der Waals surface area contributed by atoms with E-state index in [2.05, 4.69) is 6.58 Å². The van der Waals surface area contributed by atoms with Crippen LogP contribution in [0.15, 0.2) is 30.9 Å². The van der Waals surface area contributed by atoms with Crippen LogP contribution in [0.4, 0.5) is 5.69 Å². The second-order valence-corrected chi connectivity index (χ2v) is 10.5. The summed E-state index contributed by atoms with van der Waals surface area (Å²) in [6, 6.07) is 5.15. The summed E-state index contributed by atoms with van der Waals surface area (Å²) < 4.78 is 11.8. The van der Waals surface area contributed by atoms with Crippen LogP contribution in [0.3, 0.4) is 0 Å². The Morgan fingerprint density at radius 2 is 2.03 bits per heavy atom. The zero-order valence-electron chi connectivity index (χ0n) is 22.3. The molecule has 0 aromatic heterocycles. The van der Waals surface area contributed by atoms with E-state index in [0.717, 1.165) is 29.7 Å². The molecule has 3 saturated heterocycles. The number of hydrogen-bond acceptors (Lipinski definition) is 6. The van der Waals surface area contributed by atoms with Crippen LogP contribution >= 0.6 is 0 Å². The van der Waals surface area contributed by atoms with E-state index < -0.39 is 35.6 Å². The Balaban J connectivity index is 1.72. The van der Waals surface area contributed by atoms with Crippen molar-refractivity contribution in [1.29, 1.82) is 0 Å². The van der Waals surface area contributed by atoms with Gasteiger partial charge in [-0.05, 0) is 63.6 Å². The number of aliphatic hydroxyl groups excluding tert-OH is 1. The molecule has 3 aliphatic rings. The molecule has 3 aliphatic heterocycles. The Labute approximate surface area is 219 Å². The van der Waals surface area contributed by atoms with Crippen LogP contribution in [0, 0.1) is 25.7 Å². The van der Waals surface area contributed by atoms with Gasteiger partial charge in [0.15, 0.2) is 0 Å². The first kappa shape index (κ1) is 27.3. The monoisotopic (exact) mass is 512 g/mol. The number of unbranched alkanes of at least 4 members (excludes halogenated alkanes) is 3. The highest BCUT2D eigenvalue weighted by molar-refractivity contribution is 6.05. The molecule has 1 aromatic carbocycles. The van der Waals surface area contributed by atoms with Crippen molar-refractivity contribution < 1.29 is 29.0 Å². The van der Waals surface area contributed by atoms with Gasteiger partial charge in [-0.15, -0.1) is 6.58 Å². The molecular formula is C29H40N2O6. The van der Waals surface area contributed by atoms with Gasteiger partial charge in [-0.25, -0.2) is 0 Å². The van der Waals surface area contributed by atoms with E-state index in [-0.39, 0.29) is 25.0 Å². The van der Waals surface area contributed by atoms with Gasteiger partial charge in [-0.3, -0.25) is 14.4 Å². The van der Waals surface area contributed by atoms with E-state index in [4.69, 9.17) is 14.6 Å². The van der Waals surface area contributed by atoms with Crippen LogP contribution in [-0.2, 0) is 23.9 Å². The van der Waals surface area contributed by atoms with E-state index in [1.165, 1.54) is 0 Å². The number of carbonyl (C=O) groups is 3. The second-order valence-electron chi connectivity index (χ2n) is 10.5. The molecule has 0 radical (unpaired) electrons. The van der Waals surface area contributed by atoms with Crippen molar-refractivity contribution in [2.75, 3.05) is 31.2 Å². The third-order valence-corrected chi connectivity index (χ3v) is 8.13. The molecule has 4 rings (SSSR count). The van der Waals surface area contributed by atoms with Crippen LogP contribution < -0.4 is 4.90 Å². The minimum Gasteiger partial charge on any atom is -0.466 e. The smallest absolute Gasteiger partial charge is 0.312 e. The molecule has 1 N–H and O–H groups in total. The maximum atomic E-state index is 14.5. The lowest BCUT2D eigenvalue weighted by Crippen LogP contribution is -2.56. The Hall–Kier alpha value is -2.71. The van der Waals surface area contributed by atoms with Crippen molar-refractivity contribution in [3.05, 3.63) is 42.0 Å². The fourth-order valence-corrected chi connectivity index (χ4v) is 6.52. The number of amides is 2. The predicted octanol–water partition coefficient (Wildman–Crippen LogP) is 3.31. The summed E-state index contributed by atoms with van der Waals surface area (Å²) in [6.07, 6.45) is 5.54. The molecule has 2 bridgehead atoms. The number of aliphatic hydroxyl groups is 1. The molecule has 202 valence electrons. The van der Waals surface area contributed by atoms with Crippen molar-refractivity contribution in [3.63, 3.8) is 0 Å². The van der Waals surface area contributed by atoms with Gasteiger partial charge in [0.2, 0.25) is 5.91 Å². The number of benzene rings is 1. The number of hydrogen-bond donors (Lipinski definition) is 1. The summed E-state index contributed by atoms with van der Waals surface area (Å²) in [5.41, 5.74) is 1.73. The Morgan fingerprint density at radius 3 is 2.73 bits per heavy atom. The van der Waals surface area contributed by atoms with Gasteiger partial charge >= 0.3 is 5.97 Å². The number of nitrogens with zero attached hydrogens (tertiary/aromatic N) is 2. The fourth-order valence-electron chi connectivity index (χ4n) is 6.52. The number of likely N-dealkylation sites (tertiary alicyclic amines) is 1.